The minimum absolute atomic E-state index is 0.189. The van der Waals surface area contributed by atoms with Crippen molar-refractivity contribution >= 4 is 23.1 Å². The third-order valence-corrected chi connectivity index (χ3v) is 4.53. The predicted molar refractivity (Wildman–Crippen MR) is 81.8 cm³/mol. The summed E-state index contributed by atoms with van der Waals surface area (Å²) >= 11 is 5.08. The molecular formula is C14H19N3O2S. The SMILES string of the molecule is Cc1cc(=O)c(C(=O)N2CCC(C)(C(N)=S)CC2)c[nH]1. The zero-order valence-corrected chi connectivity index (χ0v) is 12.5. The number of aromatic amines is 1. The standard InChI is InChI=1S/C14H19N3O2S/c1-9-7-11(18)10(8-16-9)12(19)17-5-3-14(2,4-6-17)13(15)20/h7-8H,3-6H2,1-2H3,(H2,15,20)(H,16,18). The second-order valence-corrected chi connectivity index (χ2v) is 6.05. The van der Waals surface area contributed by atoms with E-state index in [1.807, 2.05) is 6.92 Å². The molecule has 3 N–H and O–H groups in total. The fourth-order valence-corrected chi connectivity index (χ4v) is 2.56. The number of H-pyrrole nitrogens is 1. The molecule has 2 rings (SSSR count). The maximum absolute atomic E-state index is 12.4. The summed E-state index contributed by atoms with van der Waals surface area (Å²) in [4.78, 5) is 29.3. The minimum atomic E-state index is -0.242. The molecule has 0 spiro atoms. The van der Waals surface area contributed by atoms with Crippen molar-refractivity contribution in [3.8, 4) is 0 Å². The smallest absolute Gasteiger partial charge is 0.259 e. The Morgan fingerprint density at radius 3 is 2.55 bits per heavy atom. The van der Waals surface area contributed by atoms with Gasteiger partial charge < -0.3 is 15.6 Å². The van der Waals surface area contributed by atoms with Crippen LogP contribution in [0.5, 0.6) is 0 Å². The summed E-state index contributed by atoms with van der Waals surface area (Å²) in [7, 11) is 0. The van der Waals surface area contributed by atoms with Crippen molar-refractivity contribution in [1.82, 2.24) is 9.88 Å². The fourth-order valence-electron chi connectivity index (χ4n) is 2.36. The Balaban J connectivity index is 2.13. The average Bonchev–Trinajstić information content (AvgIpc) is 2.38. The minimum Gasteiger partial charge on any atom is -0.393 e. The summed E-state index contributed by atoms with van der Waals surface area (Å²) in [5.41, 5.74) is 6.25. The molecule has 1 saturated heterocycles. The van der Waals surface area contributed by atoms with Crippen molar-refractivity contribution in [2.45, 2.75) is 26.7 Å². The number of hydrogen-bond acceptors (Lipinski definition) is 3. The van der Waals surface area contributed by atoms with Crippen LogP contribution in [0.1, 0.15) is 35.8 Å². The zero-order valence-electron chi connectivity index (χ0n) is 11.7. The van der Waals surface area contributed by atoms with E-state index in [1.165, 1.54) is 12.3 Å². The number of carbonyl (C=O) groups is 1. The fraction of sp³-hybridized carbons (Fsp3) is 0.500. The Morgan fingerprint density at radius 1 is 1.45 bits per heavy atom. The molecule has 20 heavy (non-hydrogen) atoms. The summed E-state index contributed by atoms with van der Waals surface area (Å²) in [6.07, 6.45) is 2.96. The quantitative estimate of drug-likeness (QED) is 0.803. The number of piperidine rings is 1. The molecule has 0 aromatic carbocycles. The van der Waals surface area contributed by atoms with E-state index in [1.54, 1.807) is 11.8 Å². The van der Waals surface area contributed by atoms with Crippen LogP contribution in [0.15, 0.2) is 17.1 Å². The molecule has 2 heterocycles. The van der Waals surface area contributed by atoms with Crippen molar-refractivity contribution in [1.29, 1.82) is 0 Å². The maximum atomic E-state index is 12.4. The lowest BCUT2D eigenvalue weighted by Gasteiger charge is -2.38. The van der Waals surface area contributed by atoms with E-state index in [0.29, 0.717) is 18.1 Å². The lowest BCUT2D eigenvalue weighted by Crippen LogP contribution is -2.47. The molecule has 5 nitrogen and oxygen atoms in total. The van der Waals surface area contributed by atoms with Crippen LogP contribution in [0.2, 0.25) is 0 Å². The molecule has 1 amide bonds. The topological polar surface area (TPSA) is 79.2 Å². The third kappa shape index (κ3) is 2.75. The number of amides is 1. The van der Waals surface area contributed by atoms with Crippen molar-refractivity contribution in [2.24, 2.45) is 11.1 Å². The molecule has 1 aliphatic rings. The van der Waals surface area contributed by atoms with Crippen LogP contribution in [0.25, 0.3) is 0 Å². The lowest BCUT2D eigenvalue weighted by molar-refractivity contribution is 0.0668. The second-order valence-electron chi connectivity index (χ2n) is 5.61. The van der Waals surface area contributed by atoms with Crippen LogP contribution in [0, 0.1) is 12.3 Å². The van der Waals surface area contributed by atoms with Crippen LogP contribution in [-0.4, -0.2) is 33.9 Å². The van der Waals surface area contributed by atoms with Crippen LogP contribution in [0.4, 0.5) is 0 Å². The van der Waals surface area contributed by atoms with Gasteiger partial charge in [0, 0.05) is 36.5 Å². The van der Waals surface area contributed by atoms with Gasteiger partial charge in [0.25, 0.3) is 5.91 Å². The number of thiocarbonyl (C=S) groups is 1. The molecule has 1 aromatic heterocycles. The molecule has 6 heteroatoms. The molecule has 0 bridgehead atoms. The Morgan fingerprint density at radius 2 is 2.05 bits per heavy atom. The number of hydrogen-bond donors (Lipinski definition) is 2. The molecule has 0 radical (unpaired) electrons. The van der Waals surface area contributed by atoms with Crippen LogP contribution in [0.3, 0.4) is 0 Å². The highest BCUT2D eigenvalue weighted by molar-refractivity contribution is 7.80. The van der Waals surface area contributed by atoms with Crippen molar-refractivity contribution < 1.29 is 4.79 Å². The number of nitrogens with two attached hydrogens (primary N) is 1. The van der Waals surface area contributed by atoms with Crippen LogP contribution >= 0.6 is 12.2 Å². The van der Waals surface area contributed by atoms with Crippen LogP contribution in [-0.2, 0) is 0 Å². The first-order chi connectivity index (χ1) is 9.33. The highest BCUT2D eigenvalue weighted by Gasteiger charge is 2.34. The molecule has 0 unspecified atom stereocenters. The average molecular weight is 293 g/mol. The number of carbonyl (C=O) groups excluding carboxylic acids is 1. The summed E-state index contributed by atoms with van der Waals surface area (Å²) in [5, 5.41) is 0. The van der Waals surface area contributed by atoms with Gasteiger partial charge in [-0.15, -0.1) is 0 Å². The van der Waals surface area contributed by atoms with Gasteiger partial charge in [-0.3, -0.25) is 9.59 Å². The number of aromatic nitrogens is 1. The molecule has 0 saturated carbocycles. The number of likely N-dealkylation sites (tertiary alicyclic amines) is 1. The van der Waals surface area contributed by atoms with E-state index < -0.39 is 0 Å². The largest absolute Gasteiger partial charge is 0.393 e. The van der Waals surface area contributed by atoms with E-state index >= 15 is 0 Å². The predicted octanol–water partition coefficient (Wildman–Crippen LogP) is 1.21. The molecule has 0 aliphatic carbocycles. The van der Waals surface area contributed by atoms with Crippen molar-refractivity contribution in [3.63, 3.8) is 0 Å². The Labute approximate surface area is 123 Å². The molecule has 1 fully saturated rings. The van der Waals surface area contributed by atoms with Crippen molar-refractivity contribution in [2.75, 3.05) is 13.1 Å². The number of nitrogens with one attached hydrogen (secondary N) is 1. The van der Waals surface area contributed by atoms with E-state index in [4.69, 9.17) is 18.0 Å². The summed E-state index contributed by atoms with van der Waals surface area (Å²) in [6, 6.07) is 1.44. The Hall–Kier alpha value is -1.69. The highest BCUT2D eigenvalue weighted by atomic mass is 32.1. The number of aryl methyl sites for hydroxylation is 1. The van der Waals surface area contributed by atoms with Gasteiger partial charge in [0.05, 0.1) is 4.99 Å². The third-order valence-electron chi connectivity index (χ3n) is 4.04. The molecule has 1 aromatic rings. The maximum Gasteiger partial charge on any atom is 0.259 e. The molecular weight excluding hydrogens is 274 g/mol. The molecule has 0 atom stereocenters. The van der Waals surface area contributed by atoms with Gasteiger partial charge in [-0.2, -0.15) is 0 Å². The summed E-state index contributed by atoms with van der Waals surface area (Å²) < 4.78 is 0. The normalized spacial score (nSPS) is 17.8. The van der Waals surface area contributed by atoms with Gasteiger partial charge in [-0.25, -0.2) is 0 Å². The molecule has 108 valence electrons. The van der Waals surface area contributed by atoms with Gasteiger partial charge in [0.1, 0.15) is 5.56 Å². The van der Waals surface area contributed by atoms with Gasteiger partial charge in [-0.05, 0) is 19.8 Å². The highest BCUT2D eigenvalue weighted by Crippen LogP contribution is 2.31. The Bertz CT molecular complexity index is 601. The number of pyridine rings is 1. The number of nitrogens with zero attached hydrogens (tertiary/aromatic N) is 1. The first-order valence-corrected chi connectivity index (χ1v) is 7.03. The zero-order chi connectivity index (χ0) is 14.9. The Kier molecular flexibility index (Phi) is 3.94. The van der Waals surface area contributed by atoms with Gasteiger partial charge in [0.15, 0.2) is 5.43 Å². The first-order valence-electron chi connectivity index (χ1n) is 6.62. The summed E-state index contributed by atoms with van der Waals surface area (Å²) in [5.74, 6) is -0.226. The van der Waals surface area contributed by atoms with Gasteiger partial charge in [-0.1, -0.05) is 19.1 Å². The summed E-state index contributed by atoms with van der Waals surface area (Å²) in [6.45, 7) is 4.94. The monoisotopic (exact) mass is 293 g/mol. The van der Waals surface area contributed by atoms with Gasteiger partial charge >= 0.3 is 0 Å². The number of rotatable bonds is 2. The second kappa shape index (κ2) is 5.36. The molecule has 1 aliphatic heterocycles. The van der Waals surface area contributed by atoms with E-state index in [2.05, 4.69) is 4.98 Å². The van der Waals surface area contributed by atoms with Crippen molar-refractivity contribution in [3.05, 3.63) is 33.7 Å². The lowest BCUT2D eigenvalue weighted by atomic mass is 9.80. The van der Waals surface area contributed by atoms with Crippen LogP contribution < -0.4 is 11.2 Å². The van der Waals surface area contributed by atoms with E-state index in [9.17, 15) is 9.59 Å². The van der Waals surface area contributed by atoms with E-state index in [-0.39, 0.29) is 22.3 Å². The van der Waals surface area contributed by atoms with E-state index in [0.717, 1.165) is 18.5 Å². The van der Waals surface area contributed by atoms with Gasteiger partial charge in [0.2, 0.25) is 0 Å². The first kappa shape index (κ1) is 14.7.